The van der Waals surface area contributed by atoms with E-state index in [1.165, 1.54) is 16.0 Å². The van der Waals surface area contributed by atoms with E-state index in [2.05, 4.69) is 53.6 Å². The Kier molecular flexibility index (Phi) is 4.85. The summed E-state index contributed by atoms with van der Waals surface area (Å²) in [4.78, 5) is 11.2. The second-order valence-corrected chi connectivity index (χ2v) is 6.64. The molecule has 2 heterocycles. The van der Waals surface area contributed by atoms with Crippen LogP contribution in [0.2, 0.25) is 0 Å². The quantitative estimate of drug-likeness (QED) is 0.883. The number of hydrogen-bond acceptors (Lipinski definition) is 5. The van der Waals surface area contributed by atoms with Crippen LogP contribution in [0.15, 0.2) is 35.6 Å². The number of nitrogens with one attached hydrogen (secondary N) is 1. The van der Waals surface area contributed by atoms with Gasteiger partial charge >= 0.3 is 0 Å². The van der Waals surface area contributed by atoms with Gasteiger partial charge in [0.15, 0.2) is 0 Å². The monoisotopic (exact) mass is 315 g/mol. The lowest BCUT2D eigenvalue weighted by Crippen LogP contribution is -2.26. The molecule has 22 heavy (non-hydrogen) atoms. The van der Waals surface area contributed by atoms with E-state index >= 15 is 0 Å². The van der Waals surface area contributed by atoms with Crippen LogP contribution in [-0.2, 0) is 11.4 Å². The summed E-state index contributed by atoms with van der Waals surface area (Å²) in [7, 11) is 0. The van der Waals surface area contributed by atoms with Crippen LogP contribution >= 0.6 is 11.3 Å². The minimum Gasteiger partial charge on any atom is -0.391 e. The molecule has 1 aliphatic rings. The third-order valence-corrected chi connectivity index (χ3v) is 4.83. The smallest absolute Gasteiger partial charge is 0.145 e. The summed E-state index contributed by atoms with van der Waals surface area (Å²) in [6.07, 6.45) is 4.06. The molecule has 0 spiro atoms. The van der Waals surface area contributed by atoms with Gasteiger partial charge in [-0.05, 0) is 18.9 Å². The molecule has 0 saturated heterocycles. The minimum absolute atomic E-state index is 0.179. The van der Waals surface area contributed by atoms with Crippen LogP contribution in [0.1, 0.15) is 30.2 Å². The molecule has 1 aliphatic heterocycles. The third-order valence-electron chi connectivity index (χ3n) is 3.80. The molecule has 0 unspecified atom stereocenters. The Morgan fingerprint density at radius 3 is 3.00 bits per heavy atom. The van der Waals surface area contributed by atoms with Crippen LogP contribution in [-0.4, -0.2) is 23.3 Å². The first-order valence-corrected chi connectivity index (χ1v) is 8.51. The van der Waals surface area contributed by atoms with E-state index in [1.54, 1.807) is 11.3 Å². The Morgan fingerprint density at radius 1 is 1.36 bits per heavy atom. The van der Waals surface area contributed by atoms with Crippen LogP contribution in [0, 0.1) is 6.92 Å². The fraction of sp³-hybridized carbons (Fsp3) is 0.412. The second kappa shape index (κ2) is 7.03. The molecule has 0 aliphatic carbocycles. The van der Waals surface area contributed by atoms with Gasteiger partial charge in [0.2, 0.25) is 0 Å². The van der Waals surface area contributed by atoms with Crippen molar-refractivity contribution < 1.29 is 4.84 Å². The maximum atomic E-state index is 5.40. The zero-order valence-electron chi connectivity index (χ0n) is 13.0. The molecular weight excluding hydrogens is 294 g/mol. The highest BCUT2D eigenvalue weighted by Gasteiger charge is 2.19. The number of thiazole rings is 1. The van der Waals surface area contributed by atoms with E-state index in [4.69, 9.17) is 4.84 Å². The molecule has 4 nitrogen and oxygen atoms in total. The molecule has 1 atom stereocenters. The predicted octanol–water partition coefficient (Wildman–Crippen LogP) is 3.76. The van der Waals surface area contributed by atoms with Gasteiger partial charge in [-0.3, -0.25) is 0 Å². The molecule has 0 amide bonds. The fourth-order valence-electron chi connectivity index (χ4n) is 2.49. The van der Waals surface area contributed by atoms with E-state index in [0.29, 0.717) is 0 Å². The van der Waals surface area contributed by atoms with E-state index in [9.17, 15) is 0 Å². The van der Waals surface area contributed by atoms with Crippen LogP contribution in [0.3, 0.4) is 0 Å². The van der Waals surface area contributed by atoms with Crippen molar-refractivity contribution in [2.24, 2.45) is 5.16 Å². The summed E-state index contributed by atoms with van der Waals surface area (Å²) in [5, 5.41) is 8.61. The maximum absolute atomic E-state index is 5.40. The Bertz CT molecular complexity index is 665. The first kappa shape index (κ1) is 15.2. The largest absolute Gasteiger partial charge is 0.391 e. The molecule has 1 N–H and O–H groups in total. The molecule has 0 bridgehead atoms. The van der Waals surface area contributed by atoms with E-state index < -0.39 is 0 Å². The highest BCUT2D eigenvalue weighted by Crippen LogP contribution is 2.27. The van der Waals surface area contributed by atoms with Crippen molar-refractivity contribution in [3.05, 3.63) is 40.9 Å². The lowest BCUT2D eigenvalue weighted by Gasteiger charge is -2.08. The summed E-state index contributed by atoms with van der Waals surface area (Å²) in [5.74, 6) is 0. The van der Waals surface area contributed by atoms with E-state index in [0.717, 1.165) is 36.7 Å². The van der Waals surface area contributed by atoms with Gasteiger partial charge in [-0.2, -0.15) is 0 Å². The third kappa shape index (κ3) is 3.54. The van der Waals surface area contributed by atoms with Gasteiger partial charge in [0, 0.05) is 36.1 Å². The van der Waals surface area contributed by atoms with Crippen molar-refractivity contribution in [1.29, 1.82) is 0 Å². The summed E-state index contributed by atoms with van der Waals surface area (Å²) in [5.41, 5.74) is 3.64. The van der Waals surface area contributed by atoms with Crippen molar-refractivity contribution in [2.75, 3.05) is 6.54 Å². The summed E-state index contributed by atoms with van der Waals surface area (Å²) >= 11 is 1.74. The predicted molar refractivity (Wildman–Crippen MR) is 91.2 cm³/mol. The second-order valence-electron chi connectivity index (χ2n) is 5.52. The number of oxime groups is 1. The van der Waals surface area contributed by atoms with Crippen LogP contribution in [0.5, 0.6) is 0 Å². The zero-order valence-corrected chi connectivity index (χ0v) is 13.8. The molecule has 0 radical (unpaired) electrons. The molecule has 1 aromatic heterocycles. The molecule has 0 saturated carbocycles. The number of hydrogen-bond donors (Lipinski definition) is 1. The van der Waals surface area contributed by atoms with E-state index in [-0.39, 0.29) is 6.10 Å². The SMILES string of the molecule is CCC1=NO[C@@H](CNCc2cnc(-c3ccccc3C)s2)C1. The Hall–Kier alpha value is -1.72. The topological polar surface area (TPSA) is 46.5 Å². The number of benzene rings is 1. The van der Waals surface area contributed by atoms with Crippen LogP contribution < -0.4 is 5.32 Å². The number of rotatable bonds is 6. The lowest BCUT2D eigenvalue weighted by atomic mass is 10.1. The van der Waals surface area contributed by atoms with Gasteiger partial charge < -0.3 is 10.2 Å². The highest BCUT2D eigenvalue weighted by molar-refractivity contribution is 7.15. The van der Waals surface area contributed by atoms with Crippen molar-refractivity contribution in [2.45, 2.75) is 39.3 Å². The average molecular weight is 315 g/mol. The van der Waals surface area contributed by atoms with Crippen molar-refractivity contribution in [3.8, 4) is 10.6 Å². The first-order chi connectivity index (χ1) is 10.8. The molecule has 1 aromatic carbocycles. The summed E-state index contributed by atoms with van der Waals surface area (Å²) < 4.78 is 0. The number of nitrogens with zero attached hydrogens (tertiary/aromatic N) is 2. The van der Waals surface area contributed by atoms with Gasteiger partial charge in [-0.25, -0.2) is 4.98 Å². The van der Waals surface area contributed by atoms with Crippen molar-refractivity contribution in [3.63, 3.8) is 0 Å². The van der Waals surface area contributed by atoms with Crippen molar-refractivity contribution in [1.82, 2.24) is 10.3 Å². The summed E-state index contributed by atoms with van der Waals surface area (Å²) in [6.45, 7) is 5.88. The zero-order chi connectivity index (χ0) is 15.4. The molecule has 3 rings (SSSR count). The maximum Gasteiger partial charge on any atom is 0.145 e. The Balaban J connectivity index is 1.52. The minimum atomic E-state index is 0.179. The Morgan fingerprint density at radius 2 is 2.23 bits per heavy atom. The Labute approximate surface area is 135 Å². The van der Waals surface area contributed by atoms with Gasteiger partial charge in [0.25, 0.3) is 0 Å². The van der Waals surface area contributed by atoms with Gasteiger partial charge in [0.05, 0.1) is 5.71 Å². The first-order valence-electron chi connectivity index (χ1n) is 7.69. The molecule has 0 fully saturated rings. The molecule has 2 aromatic rings. The van der Waals surface area contributed by atoms with E-state index in [1.807, 2.05) is 6.20 Å². The fourth-order valence-corrected chi connectivity index (χ4v) is 3.46. The van der Waals surface area contributed by atoms with Crippen LogP contribution in [0.25, 0.3) is 10.6 Å². The van der Waals surface area contributed by atoms with Crippen molar-refractivity contribution >= 4 is 17.0 Å². The molecular formula is C17H21N3OS. The number of aromatic nitrogens is 1. The normalized spacial score (nSPS) is 17.4. The van der Waals surface area contributed by atoms with Gasteiger partial charge in [-0.1, -0.05) is 36.3 Å². The van der Waals surface area contributed by atoms with Gasteiger partial charge in [-0.15, -0.1) is 11.3 Å². The number of aryl methyl sites for hydroxylation is 1. The highest BCUT2D eigenvalue weighted by atomic mass is 32.1. The van der Waals surface area contributed by atoms with Crippen LogP contribution in [0.4, 0.5) is 0 Å². The lowest BCUT2D eigenvalue weighted by molar-refractivity contribution is 0.0849. The summed E-state index contributed by atoms with van der Waals surface area (Å²) in [6, 6.07) is 8.37. The van der Waals surface area contributed by atoms with Gasteiger partial charge in [0.1, 0.15) is 11.1 Å². The standard InChI is InChI=1S/C17H21N3OS/c1-3-13-8-14(21-20-13)9-18-10-15-11-19-17(22-15)16-7-5-4-6-12(16)2/h4-7,11,14,18H,3,8-10H2,1-2H3/t14-/m1/s1. The average Bonchev–Trinajstić information content (AvgIpc) is 3.17. The molecule has 116 valence electrons. The molecule has 5 heteroatoms.